The zero-order valence-corrected chi connectivity index (χ0v) is 21.0. The van der Waals surface area contributed by atoms with Crippen molar-refractivity contribution in [1.82, 2.24) is 0 Å². The molecule has 5 aromatic rings. The van der Waals surface area contributed by atoms with Crippen LogP contribution in [0.1, 0.15) is 22.2 Å². The minimum atomic E-state index is -0.878. The van der Waals surface area contributed by atoms with Crippen LogP contribution >= 0.6 is 27.5 Å². The number of hydrogen-bond acceptors (Lipinski definition) is 4. The fraction of sp³-hybridized carbons (Fsp3) is 0.0345. The first-order valence-corrected chi connectivity index (χ1v) is 12.3. The summed E-state index contributed by atoms with van der Waals surface area (Å²) in [6, 6.07) is 26.3. The van der Waals surface area contributed by atoms with E-state index < -0.39 is 23.5 Å². The second-order valence-corrected chi connectivity index (χ2v) is 9.86. The lowest BCUT2D eigenvalue weighted by Crippen LogP contribution is -2.31. The molecule has 1 aliphatic rings. The molecular weight excluding hydrogens is 542 g/mol. The maximum atomic E-state index is 13.9. The van der Waals surface area contributed by atoms with Crippen LogP contribution in [0.3, 0.4) is 0 Å². The lowest BCUT2D eigenvalue weighted by atomic mass is 9.91. The van der Waals surface area contributed by atoms with E-state index in [1.807, 2.05) is 54.6 Å². The molecule has 0 fully saturated rings. The number of hydrogen-bond donors (Lipinski definition) is 1. The van der Waals surface area contributed by atoms with Crippen molar-refractivity contribution in [2.45, 2.75) is 6.04 Å². The quantitative estimate of drug-likeness (QED) is 0.229. The van der Waals surface area contributed by atoms with Crippen molar-refractivity contribution in [2.24, 2.45) is 0 Å². The third-order valence-electron chi connectivity index (χ3n) is 6.38. The maximum absolute atomic E-state index is 13.9. The molecule has 1 unspecified atom stereocenters. The highest BCUT2D eigenvalue weighted by atomic mass is 79.9. The van der Waals surface area contributed by atoms with Gasteiger partial charge < -0.3 is 9.52 Å². The van der Waals surface area contributed by atoms with E-state index in [0.717, 1.165) is 20.6 Å². The predicted molar refractivity (Wildman–Crippen MR) is 144 cm³/mol. The summed E-state index contributed by atoms with van der Waals surface area (Å²) < 4.78 is 6.69. The minimum Gasteiger partial charge on any atom is -0.503 e. The molecule has 1 aromatic heterocycles. The molecule has 36 heavy (non-hydrogen) atoms. The van der Waals surface area contributed by atoms with Crippen molar-refractivity contribution in [3.63, 3.8) is 0 Å². The number of aliphatic hydroxyl groups excluding tert-OH is 1. The van der Waals surface area contributed by atoms with E-state index in [1.165, 1.54) is 4.90 Å². The van der Waals surface area contributed by atoms with Crippen LogP contribution < -0.4 is 4.90 Å². The van der Waals surface area contributed by atoms with Gasteiger partial charge in [0.2, 0.25) is 5.78 Å². The summed E-state index contributed by atoms with van der Waals surface area (Å²) >= 11 is 9.52. The van der Waals surface area contributed by atoms with Crippen molar-refractivity contribution in [2.75, 3.05) is 4.90 Å². The lowest BCUT2D eigenvalue weighted by Gasteiger charge is -2.27. The molecule has 4 aromatic carbocycles. The van der Waals surface area contributed by atoms with Gasteiger partial charge in [0.05, 0.1) is 11.6 Å². The molecule has 176 valence electrons. The number of amides is 1. The molecule has 1 atom stereocenters. The highest BCUT2D eigenvalue weighted by Crippen LogP contribution is 2.44. The second kappa shape index (κ2) is 8.66. The fourth-order valence-corrected chi connectivity index (χ4v) is 5.25. The van der Waals surface area contributed by atoms with Gasteiger partial charge in [-0.25, -0.2) is 0 Å². The highest BCUT2D eigenvalue weighted by Gasteiger charge is 2.45. The number of Topliss-reactive ketones (excluding diaryl/α,β-unsaturated/α-hetero) is 1. The van der Waals surface area contributed by atoms with E-state index >= 15 is 0 Å². The number of rotatable bonds is 4. The van der Waals surface area contributed by atoms with E-state index in [4.69, 9.17) is 16.0 Å². The number of benzene rings is 4. The summed E-state index contributed by atoms with van der Waals surface area (Å²) in [6.07, 6.45) is 0. The van der Waals surface area contributed by atoms with Gasteiger partial charge in [0.15, 0.2) is 11.5 Å². The minimum absolute atomic E-state index is 0.0376. The van der Waals surface area contributed by atoms with Crippen molar-refractivity contribution < 1.29 is 19.1 Å². The SMILES string of the molecule is O=C(C1=C(O)C(=O)N(c2ccc(Cl)cc2)C1c1cccc2ccccc12)c1cc2cc(Br)ccc2o1. The molecular formula is C29H17BrClNO4. The second-order valence-electron chi connectivity index (χ2n) is 8.51. The summed E-state index contributed by atoms with van der Waals surface area (Å²) in [4.78, 5) is 28.8. The predicted octanol–water partition coefficient (Wildman–Crippen LogP) is 7.78. The van der Waals surface area contributed by atoms with Crippen LogP contribution in [0, 0.1) is 0 Å². The van der Waals surface area contributed by atoms with Gasteiger partial charge >= 0.3 is 0 Å². The van der Waals surface area contributed by atoms with Crippen LogP contribution in [0.5, 0.6) is 0 Å². The molecule has 0 radical (unpaired) electrons. The Balaban J connectivity index is 1.56. The van der Waals surface area contributed by atoms with Gasteiger partial charge in [0.1, 0.15) is 5.58 Å². The number of aliphatic hydroxyl groups is 1. The van der Waals surface area contributed by atoms with Gasteiger partial charge in [-0.15, -0.1) is 0 Å². The summed E-state index contributed by atoms with van der Waals surface area (Å²) in [5.74, 6) is -1.78. The Kier molecular flexibility index (Phi) is 5.43. The number of carbonyl (C=O) groups is 2. The number of anilines is 1. The molecule has 0 saturated carbocycles. The van der Waals surface area contributed by atoms with Crippen molar-refractivity contribution in [3.05, 3.63) is 123 Å². The summed E-state index contributed by atoms with van der Waals surface area (Å²) in [7, 11) is 0. The van der Waals surface area contributed by atoms with Crippen molar-refractivity contribution in [1.29, 1.82) is 0 Å². The first-order valence-electron chi connectivity index (χ1n) is 11.2. The molecule has 0 aliphatic carbocycles. The molecule has 1 N–H and O–H groups in total. The Bertz CT molecular complexity index is 1720. The Morgan fingerprint density at radius 2 is 1.67 bits per heavy atom. The Morgan fingerprint density at radius 3 is 2.47 bits per heavy atom. The van der Waals surface area contributed by atoms with Gasteiger partial charge in [0.25, 0.3) is 5.91 Å². The van der Waals surface area contributed by atoms with Gasteiger partial charge in [-0.3, -0.25) is 14.5 Å². The molecule has 5 nitrogen and oxygen atoms in total. The average Bonchev–Trinajstić information content (AvgIpc) is 3.42. The lowest BCUT2D eigenvalue weighted by molar-refractivity contribution is -0.117. The number of fused-ring (bicyclic) bond motifs is 2. The van der Waals surface area contributed by atoms with E-state index in [2.05, 4.69) is 15.9 Å². The Hall–Kier alpha value is -3.87. The topological polar surface area (TPSA) is 70.8 Å². The van der Waals surface area contributed by atoms with Gasteiger partial charge in [0, 0.05) is 20.6 Å². The van der Waals surface area contributed by atoms with Gasteiger partial charge in [-0.1, -0.05) is 70.0 Å². The highest BCUT2D eigenvalue weighted by molar-refractivity contribution is 9.10. The van der Waals surface area contributed by atoms with Crippen molar-refractivity contribution in [3.8, 4) is 0 Å². The summed E-state index contributed by atoms with van der Waals surface area (Å²) in [6.45, 7) is 0. The number of ketones is 1. The van der Waals surface area contributed by atoms with Crippen LogP contribution in [0.2, 0.25) is 5.02 Å². The molecule has 2 heterocycles. The van der Waals surface area contributed by atoms with Crippen LogP contribution in [-0.4, -0.2) is 16.8 Å². The van der Waals surface area contributed by atoms with Gasteiger partial charge in [-0.05, 0) is 64.9 Å². The standard InChI is InChI=1S/C29H17BrClNO4/c30-18-8-13-23-17(14-18)15-24(36-23)27(33)25-26(22-7-3-5-16-4-1-2-6-21(16)22)32(29(35)28(25)34)20-11-9-19(31)10-12-20/h1-15,26,34H. The molecule has 1 amide bonds. The summed E-state index contributed by atoms with van der Waals surface area (Å²) in [5, 5.41) is 14.1. The normalized spacial score (nSPS) is 15.9. The number of halogens is 2. The van der Waals surface area contributed by atoms with Crippen LogP contribution in [-0.2, 0) is 4.79 Å². The Labute approximate surface area is 219 Å². The first kappa shape index (κ1) is 22.6. The zero-order chi connectivity index (χ0) is 25.0. The molecule has 1 aliphatic heterocycles. The number of carbonyl (C=O) groups excluding carboxylic acids is 2. The largest absolute Gasteiger partial charge is 0.503 e. The Morgan fingerprint density at radius 1 is 0.917 bits per heavy atom. The number of nitrogens with zero attached hydrogens (tertiary/aromatic N) is 1. The monoisotopic (exact) mass is 557 g/mol. The first-order chi connectivity index (χ1) is 17.4. The smallest absolute Gasteiger partial charge is 0.294 e. The number of furan rings is 1. The molecule has 0 bridgehead atoms. The van der Waals surface area contributed by atoms with Crippen LogP contribution in [0.25, 0.3) is 21.7 Å². The van der Waals surface area contributed by atoms with E-state index in [-0.39, 0.29) is 11.3 Å². The maximum Gasteiger partial charge on any atom is 0.294 e. The van der Waals surface area contributed by atoms with Crippen LogP contribution in [0.4, 0.5) is 5.69 Å². The van der Waals surface area contributed by atoms with E-state index in [9.17, 15) is 14.7 Å². The molecule has 0 spiro atoms. The zero-order valence-electron chi connectivity index (χ0n) is 18.6. The van der Waals surface area contributed by atoms with Crippen molar-refractivity contribution >= 4 is 66.7 Å². The molecule has 0 saturated heterocycles. The molecule has 7 heteroatoms. The van der Waals surface area contributed by atoms with E-state index in [1.54, 1.807) is 36.4 Å². The molecule has 6 rings (SSSR count). The fourth-order valence-electron chi connectivity index (χ4n) is 4.75. The average molecular weight is 559 g/mol. The van der Waals surface area contributed by atoms with Gasteiger partial charge in [-0.2, -0.15) is 0 Å². The van der Waals surface area contributed by atoms with E-state index in [0.29, 0.717) is 21.9 Å². The third kappa shape index (κ3) is 3.61. The van der Waals surface area contributed by atoms with Crippen LogP contribution in [0.15, 0.2) is 111 Å². The third-order valence-corrected chi connectivity index (χ3v) is 7.12. The summed E-state index contributed by atoms with van der Waals surface area (Å²) in [5.41, 5.74) is 1.71.